The second-order valence-corrected chi connectivity index (χ2v) is 3.94. The van der Waals surface area contributed by atoms with Gasteiger partial charge < -0.3 is 20.4 Å². The number of aliphatic hydroxyl groups is 2. The van der Waals surface area contributed by atoms with Crippen LogP contribution in [0.2, 0.25) is 0 Å². The Bertz CT molecular complexity index is 458. The van der Waals surface area contributed by atoms with Crippen LogP contribution < -0.4 is 10.2 Å². The van der Waals surface area contributed by atoms with E-state index in [1.807, 2.05) is 0 Å². The van der Waals surface area contributed by atoms with Crippen molar-refractivity contribution in [1.82, 2.24) is 9.97 Å². The minimum atomic E-state index is -0.933. The molecule has 2 atom stereocenters. The molecular weight excluding hydrogens is 242 g/mol. The summed E-state index contributed by atoms with van der Waals surface area (Å²) in [5, 5.41) is 32.6. The van der Waals surface area contributed by atoms with Gasteiger partial charge in [-0.1, -0.05) is 0 Å². The SMILES string of the molecule is CNc1ncnc(N2CC(O)C(O)C2)c1[N+](=O)[O-]. The number of hydrogen-bond donors (Lipinski definition) is 3. The summed E-state index contributed by atoms with van der Waals surface area (Å²) >= 11 is 0. The van der Waals surface area contributed by atoms with Gasteiger partial charge >= 0.3 is 5.69 Å². The Labute approximate surface area is 102 Å². The van der Waals surface area contributed by atoms with E-state index in [0.29, 0.717) is 0 Å². The van der Waals surface area contributed by atoms with Gasteiger partial charge in [0, 0.05) is 20.1 Å². The maximum Gasteiger partial charge on any atom is 0.353 e. The molecule has 2 rings (SSSR count). The van der Waals surface area contributed by atoms with Gasteiger partial charge in [0.2, 0.25) is 11.6 Å². The molecule has 0 aliphatic carbocycles. The van der Waals surface area contributed by atoms with Crippen LogP contribution in [0.25, 0.3) is 0 Å². The zero-order chi connectivity index (χ0) is 13.3. The van der Waals surface area contributed by atoms with Crippen molar-refractivity contribution in [3.05, 3.63) is 16.4 Å². The predicted molar refractivity (Wildman–Crippen MR) is 62.5 cm³/mol. The van der Waals surface area contributed by atoms with Crippen molar-refractivity contribution in [2.24, 2.45) is 0 Å². The number of rotatable bonds is 3. The van der Waals surface area contributed by atoms with Gasteiger partial charge in [-0.2, -0.15) is 0 Å². The van der Waals surface area contributed by atoms with Crippen molar-refractivity contribution >= 4 is 17.3 Å². The first-order chi connectivity index (χ1) is 8.54. The molecule has 9 heteroatoms. The van der Waals surface area contributed by atoms with Crippen LogP contribution in [0, 0.1) is 10.1 Å². The molecule has 0 amide bonds. The molecule has 3 N–H and O–H groups in total. The lowest BCUT2D eigenvalue weighted by atomic mass is 10.3. The smallest absolute Gasteiger partial charge is 0.353 e. The lowest BCUT2D eigenvalue weighted by molar-refractivity contribution is -0.383. The van der Waals surface area contributed by atoms with E-state index in [1.54, 1.807) is 0 Å². The lowest BCUT2D eigenvalue weighted by Crippen LogP contribution is -2.24. The standard InChI is InChI=1S/C9H13N5O4/c1-10-8-7(14(17)18)9(12-4-11-8)13-2-5(15)6(16)3-13/h4-6,15-16H,2-3H2,1H3,(H,10,11,12). The van der Waals surface area contributed by atoms with Crippen molar-refractivity contribution < 1.29 is 15.1 Å². The summed E-state index contributed by atoms with van der Waals surface area (Å²) in [6.45, 7) is 0.199. The molecule has 98 valence electrons. The van der Waals surface area contributed by atoms with E-state index in [2.05, 4.69) is 15.3 Å². The molecule has 0 aromatic carbocycles. The van der Waals surface area contributed by atoms with Crippen molar-refractivity contribution in [3.63, 3.8) is 0 Å². The topological polar surface area (TPSA) is 125 Å². The molecule has 1 saturated heterocycles. The van der Waals surface area contributed by atoms with Crippen LogP contribution in [0.5, 0.6) is 0 Å². The van der Waals surface area contributed by atoms with Gasteiger partial charge in [-0.25, -0.2) is 9.97 Å². The molecular formula is C9H13N5O4. The third kappa shape index (κ3) is 2.05. The zero-order valence-electron chi connectivity index (χ0n) is 9.65. The van der Waals surface area contributed by atoms with E-state index in [4.69, 9.17) is 0 Å². The number of aliphatic hydroxyl groups excluding tert-OH is 2. The number of nitrogens with zero attached hydrogens (tertiary/aromatic N) is 4. The molecule has 0 spiro atoms. The average molecular weight is 255 g/mol. The van der Waals surface area contributed by atoms with Crippen molar-refractivity contribution in [2.45, 2.75) is 12.2 Å². The molecule has 2 unspecified atom stereocenters. The Hall–Kier alpha value is -2.00. The van der Waals surface area contributed by atoms with Gasteiger partial charge in [-0.05, 0) is 0 Å². The monoisotopic (exact) mass is 255 g/mol. The number of hydrogen-bond acceptors (Lipinski definition) is 8. The Kier molecular flexibility index (Phi) is 3.26. The summed E-state index contributed by atoms with van der Waals surface area (Å²) in [5.74, 6) is 0.191. The van der Waals surface area contributed by atoms with Crippen LogP contribution in [-0.4, -0.2) is 57.4 Å². The number of aromatic nitrogens is 2. The number of nitrogens with one attached hydrogen (secondary N) is 1. The quantitative estimate of drug-likeness (QED) is 0.462. The first-order valence-electron chi connectivity index (χ1n) is 5.32. The highest BCUT2D eigenvalue weighted by molar-refractivity contribution is 5.70. The van der Waals surface area contributed by atoms with E-state index in [1.165, 1.54) is 18.3 Å². The molecule has 1 aromatic heterocycles. The van der Waals surface area contributed by atoms with Gasteiger partial charge in [-0.15, -0.1) is 0 Å². The molecule has 1 aliphatic heterocycles. The summed E-state index contributed by atoms with van der Waals surface area (Å²) in [6.07, 6.45) is -0.666. The van der Waals surface area contributed by atoms with Crippen LogP contribution in [0.15, 0.2) is 6.33 Å². The third-order valence-corrected chi connectivity index (χ3v) is 2.78. The first kappa shape index (κ1) is 12.5. The molecule has 18 heavy (non-hydrogen) atoms. The summed E-state index contributed by atoms with van der Waals surface area (Å²) in [7, 11) is 1.52. The molecule has 0 saturated carbocycles. The second-order valence-electron chi connectivity index (χ2n) is 3.94. The van der Waals surface area contributed by atoms with Gasteiger partial charge in [0.1, 0.15) is 6.33 Å². The van der Waals surface area contributed by atoms with E-state index in [9.17, 15) is 20.3 Å². The highest BCUT2D eigenvalue weighted by Gasteiger charge is 2.35. The maximum absolute atomic E-state index is 11.1. The van der Waals surface area contributed by atoms with E-state index in [-0.39, 0.29) is 30.4 Å². The Morgan fingerprint density at radius 2 is 2.06 bits per heavy atom. The van der Waals surface area contributed by atoms with Crippen LogP contribution in [-0.2, 0) is 0 Å². The third-order valence-electron chi connectivity index (χ3n) is 2.78. The Morgan fingerprint density at radius 1 is 1.44 bits per heavy atom. The summed E-state index contributed by atoms with van der Waals surface area (Å²) < 4.78 is 0. The summed E-state index contributed by atoms with van der Waals surface area (Å²) in [6, 6.07) is 0. The number of β-amino-alcohol motifs (C(OH)–C–C–N with tert-alkyl or cyclic N) is 2. The molecule has 0 bridgehead atoms. The number of anilines is 2. The van der Waals surface area contributed by atoms with Crippen LogP contribution in [0.3, 0.4) is 0 Å². The molecule has 1 fully saturated rings. The van der Waals surface area contributed by atoms with Crippen LogP contribution >= 0.6 is 0 Å². The van der Waals surface area contributed by atoms with E-state index >= 15 is 0 Å². The second kappa shape index (κ2) is 4.70. The average Bonchev–Trinajstić information content (AvgIpc) is 2.68. The summed E-state index contributed by atoms with van der Waals surface area (Å²) in [4.78, 5) is 19.6. The normalized spacial score (nSPS) is 23.2. The minimum absolute atomic E-state index is 0.0925. The van der Waals surface area contributed by atoms with E-state index in [0.717, 1.165) is 0 Å². The fraction of sp³-hybridized carbons (Fsp3) is 0.556. The van der Waals surface area contributed by atoms with Crippen molar-refractivity contribution in [3.8, 4) is 0 Å². The van der Waals surface area contributed by atoms with Crippen LogP contribution in [0.1, 0.15) is 0 Å². The molecule has 9 nitrogen and oxygen atoms in total. The fourth-order valence-corrected chi connectivity index (χ4v) is 1.89. The van der Waals surface area contributed by atoms with Gasteiger partial charge in [0.15, 0.2) is 0 Å². The fourth-order valence-electron chi connectivity index (χ4n) is 1.89. The number of nitro groups is 1. The van der Waals surface area contributed by atoms with Crippen molar-refractivity contribution in [1.29, 1.82) is 0 Å². The van der Waals surface area contributed by atoms with Gasteiger partial charge in [0.25, 0.3) is 0 Å². The predicted octanol–water partition coefficient (Wildman–Crippen LogP) is -1.03. The lowest BCUT2D eigenvalue weighted by Gasteiger charge is -2.16. The van der Waals surface area contributed by atoms with Crippen LogP contribution in [0.4, 0.5) is 17.3 Å². The minimum Gasteiger partial charge on any atom is -0.389 e. The maximum atomic E-state index is 11.1. The largest absolute Gasteiger partial charge is 0.389 e. The van der Waals surface area contributed by atoms with Gasteiger partial charge in [0.05, 0.1) is 17.1 Å². The van der Waals surface area contributed by atoms with Crippen molar-refractivity contribution in [2.75, 3.05) is 30.4 Å². The Balaban J connectivity index is 2.42. The first-order valence-corrected chi connectivity index (χ1v) is 5.32. The molecule has 2 heterocycles. The molecule has 1 aliphatic rings. The zero-order valence-corrected chi connectivity index (χ0v) is 9.65. The Morgan fingerprint density at radius 3 is 2.56 bits per heavy atom. The highest BCUT2D eigenvalue weighted by atomic mass is 16.6. The molecule has 0 radical (unpaired) electrons. The van der Waals surface area contributed by atoms with E-state index < -0.39 is 17.1 Å². The van der Waals surface area contributed by atoms with Gasteiger partial charge in [-0.3, -0.25) is 10.1 Å². The highest BCUT2D eigenvalue weighted by Crippen LogP contribution is 2.33. The molecule has 1 aromatic rings. The summed E-state index contributed by atoms with van der Waals surface area (Å²) in [5.41, 5.74) is -0.263.